The van der Waals surface area contributed by atoms with Gasteiger partial charge in [-0.1, -0.05) is 42.5 Å². The SMILES string of the molecule is Cc1ccc(NC(=O)c2ccccc2)cc1NCC(=O)NCCOc1ccccc1. The van der Waals surface area contributed by atoms with Crippen molar-refractivity contribution in [3.63, 3.8) is 0 Å². The molecule has 0 aromatic heterocycles. The zero-order valence-corrected chi connectivity index (χ0v) is 16.9. The molecule has 0 aliphatic rings. The second kappa shape index (κ2) is 10.7. The molecule has 0 bridgehead atoms. The molecule has 0 fully saturated rings. The van der Waals surface area contributed by atoms with Gasteiger partial charge in [0.2, 0.25) is 5.91 Å². The zero-order valence-electron chi connectivity index (χ0n) is 16.9. The lowest BCUT2D eigenvalue weighted by molar-refractivity contribution is -0.119. The predicted molar refractivity (Wildman–Crippen MR) is 119 cm³/mol. The van der Waals surface area contributed by atoms with Crippen LogP contribution in [0.15, 0.2) is 78.9 Å². The summed E-state index contributed by atoms with van der Waals surface area (Å²) < 4.78 is 5.55. The Balaban J connectivity index is 1.45. The van der Waals surface area contributed by atoms with Gasteiger partial charge in [-0.25, -0.2) is 0 Å². The molecule has 0 aliphatic carbocycles. The Morgan fingerprint density at radius 2 is 1.60 bits per heavy atom. The van der Waals surface area contributed by atoms with Crippen LogP contribution >= 0.6 is 0 Å². The van der Waals surface area contributed by atoms with Crippen LogP contribution in [0.5, 0.6) is 5.75 Å². The quantitative estimate of drug-likeness (QED) is 0.474. The third-order valence-electron chi connectivity index (χ3n) is 4.41. The average Bonchev–Trinajstić information content (AvgIpc) is 2.78. The van der Waals surface area contributed by atoms with Crippen LogP contribution in [0.1, 0.15) is 15.9 Å². The van der Waals surface area contributed by atoms with Crippen molar-refractivity contribution in [3.05, 3.63) is 90.0 Å². The van der Waals surface area contributed by atoms with E-state index in [1.807, 2.05) is 73.7 Å². The molecule has 154 valence electrons. The van der Waals surface area contributed by atoms with Gasteiger partial charge in [-0.2, -0.15) is 0 Å². The third-order valence-corrected chi connectivity index (χ3v) is 4.41. The van der Waals surface area contributed by atoms with Crippen molar-refractivity contribution in [3.8, 4) is 5.75 Å². The molecular formula is C24H25N3O3. The van der Waals surface area contributed by atoms with E-state index >= 15 is 0 Å². The fraction of sp³-hybridized carbons (Fsp3) is 0.167. The number of nitrogens with one attached hydrogen (secondary N) is 3. The minimum atomic E-state index is -0.179. The zero-order chi connectivity index (χ0) is 21.2. The first-order chi connectivity index (χ1) is 14.6. The van der Waals surface area contributed by atoms with Crippen LogP contribution in [-0.2, 0) is 4.79 Å². The highest BCUT2D eigenvalue weighted by Crippen LogP contribution is 2.20. The summed E-state index contributed by atoms with van der Waals surface area (Å²) >= 11 is 0. The van der Waals surface area contributed by atoms with E-state index in [9.17, 15) is 9.59 Å². The van der Waals surface area contributed by atoms with E-state index in [-0.39, 0.29) is 18.4 Å². The Kier molecular flexibility index (Phi) is 7.44. The maximum atomic E-state index is 12.3. The molecule has 2 amide bonds. The van der Waals surface area contributed by atoms with Crippen LogP contribution in [0.4, 0.5) is 11.4 Å². The molecule has 3 N–H and O–H groups in total. The topological polar surface area (TPSA) is 79.5 Å². The van der Waals surface area contributed by atoms with Gasteiger partial charge in [0.25, 0.3) is 5.91 Å². The van der Waals surface area contributed by atoms with Crippen LogP contribution in [0, 0.1) is 6.92 Å². The average molecular weight is 403 g/mol. The van der Waals surface area contributed by atoms with E-state index in [0.29, 0.717) is 24.4 Å². The van der Waals surface area contributed by atoms with E-state index < -0.39 is 0 Å². The Labute approximate surface area is 176 Å². The number of carbonyl (C=O) groups excluding carboxylic acids is 2. The van der Waals surface area contributed by atoms with Crippen molar-refractivity contribution in [1.82, 2.24) is 5.32 Å². The van der Waals surface area contributed by atoms with Gasteiger partial charge in [0.15, 0.2) is 0 Å². The molecule has 0 atom stereocenters. The van der Waals surface area contributed by atoms with Crippen LogP contribution < -0.4 is 20.7 Å². The lowest BCUT2D eigenvalue weighted by atomic mass is 10.1. The molecule has 0 unspecified atom stereocenters. The molecule has 6 heteroatoms. The van der Waals surface area contributed by atoms with E-state index in [4.69, 9.17) is 4.74 Å². The Hall–Kier alpha value is -3.80. The number of benzene rings is 3. The summed E-state index contributed by atoms with van der Waals surface area (Å²) in [5, 5.41) is 8.81. The third kappa shape index (κ3) is 6.38. The minimum absolute atomic E-state index is 0.127. The first kappa shape index (κ1) is 20.9. The second-order valence-corrected chi connectivity index (χ2v) is 6.71. The maximum absolute atomic E-state index is 12.3. The van der Waals surface area contributed by atoms with E-state index in [2.05, 4.69) is 16.0 Å². The maximum Gasteiger partial charge on any atom is 0.255 e. The van der Waals surface area contributed by atoms with Crippen molar-refractivity contribution in [2.45, 2.75) is 6.92 Å². The number of aryl methyl sites for hydroxylation is 1. The number of hydrogen-bond donors (Lipinski definition) is 3. The Morgan fingerprint density at radius 1 is 0.900 bits per heavy atom. The van der Waals surface area contributed by atoms with Gasteiger partial charge in [-0.15, -0.1) is 0 Å². The molecule has 0 radical (unpaired) electrons. The molecule has 0 saturated carbocycles. The molecule has 0 spiro atoms. The van der Waals surface area contributed by atoms with Gasteiger partial charge in [-0.05, 0) is 48.9 Å². The van der Waals surface area contributed by atoms with Gasteiger partial charge in [-0.3, -0.25) is 9.59 Å². The predicted octanol–water partition coefficient (Wildman–Crippen LogP) is 3.85. The fourth-order valence-corrected chi connectivity index (χ4v) is 2.80. The summed E-state index contributed by atoms with van der Waals surface area (Å²) in [4.78, 5) is 24.4. The normalized spacial score (nSPS) is 10.2. The van der Waals surface area contributed by atoms with Gasteiger partial charge < -0.3 is 20.7 Å². The highest BCUT2D eigenvalue weighted by Gasteiger charge is 2.08. The number of amides is 2. The van der Waals surface area contributed by atoms with Crippen LogP contribution in [0.25, 0.3) is 0 Å². The first-order valence-electron chi connectivity index (χ1n) is 9.77. The van der Waals surface area contributed by atoms with Crippen LogP contribution in [0.3, 0.4) is 0 Å². The molecule has 0 saturated heterocycles. The molecule has 3 aromatic rings. The number of anilines is 2. The van der Waals surface area contributed by atoms with Gasteiger partial charge in [0, 0.05) is 16.9 Å². The lowest BCUT2D eigenvalue weighted by Gasteiger charge is -2.13. The lowest BCUT2D eigenvalue weighted by Crippen LogP contribution is -2.33. The number of carbonyl (C=O) groups is 2. The summed E-state index contributed by atoms with van der Waals surface area (Å²) in [6.45, 7) is 2.89. The van der Waals surface area contributed by atoms with Crippen molar-refractivity contribution in [2.75, 3.05) is 30.3 Å². The summed E-state index contributed by atoms with van der Waals surface area (Å²) in [5.41, 5.74) is 3.02. The van der Waals surface area contributed by atoms with E-state index in [0.717, 1.165) is 17.0 Å². The molecular weight excluding hydrogens is 378 g/mol. The molecule has 6 nitrogen and oxygen atoms in total. The summed E-state index contributed by atoms with van der Waals surface area (Å²) in [6, 6.07) is 24.0. The summed E-state index contributed by atoms with van der Waals surface area (Å²) in [6.07, 6.45) is 0. The summed E-state index contributed by atoms with van der Waals surface area (Å²) in [7, 11) is 0. The van der Waals surface area contributed by atoms with Crippen molar-refractivity contribution in [2.24, 2.45) is 0 Å². The van der Waals surface area contributed by atoms with Crippen molar-refractivity contribution >= 4 is 23.2 Å². The minimum Gasteiger partial charge on any atom is -0.492 e. The number of ether oxygens (including phenoxy) is 1. The van der Waals surface area contributed by atoms with E-state index in [1.165, 1.54) is 0 Å². The first-order valence-corrected chi connectivity index (χ1v) is 9.77. The van der Waals surface area contributed by atoms with Crippen LogP contribution in [-0.4, -0.2) is 31.5 Å². The smallest absolute Gasteiger partial charge is 0.255 e. The number of para-hydroxylation sites is 1. The van der Waals surface area contributed by atoms with Gasteiger partial charge in [0.1, 0.15) is 12.4 Å². The second-order valence-electron chi connectivity index (χ2n) is 6.71. The van der Waals surface area contributed by atoms with E-state index in [1.54, 1.807) is 12.1 Å². The fourth-order valence-electron chi connectivity index (χ4n) is 2.80. The molecule has 0 heterocycles. The van der Waals surface area contributed by atoms with Gasteiger partial charge in [0.05, 0.1) is 13.1 Å². The van der Waals surface area contributed by atoms with Crippen molar-refractivity contribution in [1.29, 1.82) is 0 Å². The largest absolute Gasteiger partial charge is 0.492 e. The Bertz CT molecular complexity index is 976. The Morgan fingerprint density at radius 3 is 2.33 bits per heavy atom. The molecule has 3 rings (SSSR count). The number of rotatable bonds is 9. The highest BCUT2D eigenvalue weighted by molar-refractivity contribution is 6.04. The molecule has 0 aliphatic heterocycles. The van der Waals surface area contributed by atoms with Crippen molar-refractivity contribution < 1.29 is 14.3 Å². The number of hydrogen-bond acceptors (Lipinski definition) is 4. The monoisotopic (exact) mass is 403 g/mol. The standard InChI is InChI=1S/C24H25N3O3/c1-18-12-13-20(27-24(29)19-8-4-2-5-9-19)16-22(18)26-17-23(28)25-14-15-30-21-10-6-3-7-11-21/h2-13,16,26H,14-15,17H2,1H3,(H,25,28)(H,27,29). The van der Waals surface area contributed by atoms with Gasteiger partial charge >= 0.3 is 0 Å². The van der Waals surface area contributed by atoms with Crippen LogP contribution in [0.2, 0.25) is 0 Å². The highest BCUT2D eigenvalue weighted by atomic mass is 16.5. The molecule has 3 aromatic carbocycles. The molecule has 30 heavy (non-hydrogen) atoms. The summed E-state index contributed by atoms with van der Waals surface area (Å²) in [5.74, 6) is 0.459.